The van der Waals surface area contributed by atoms with E-state index in [0.717, 1.165) is 18.2 Å². The molecule has 0 fully saturated rings. The van der Waals surface area contributed by atoms with Crippen molar-refractivity contribution >= 4 is 46.5 Å². The van der Waals surface area contributed by atoms with Gasteiger partial charge in [0.25, 0.3) is 23.2 Å². The van der Waals surface area contributed by atoms with Crippen LogP contribution in [0.4, 0.5) is 22.7 Å². The van der Waals surface area contributed by atoms with E-state index >= 15 is 0 Å². The molecule has 15 nitrogen and oxygen atoms in total. The number of rotatable bonds is 11. The van der Waals surface area contributed by atoms with E-state index in [0.29, 0.717) is 5.56 Å². The van der Waals surface area contributed by atoms with Crippen molar-refractivity contribution < 1.29 is 43.6 Å². The second-order valence-corrected chi connectivity index (χ2v) is 9.52. The van der Waals surface area contributed by atoms with Crippen molar-refractivity contribution in [2.75, 3.05) is 17.2 Å². The van der Waals surface area contributed by atoms with E-state index in [1.165, 1.54) is 60.7 Å². The van der Waals surface area contributed by atoms with Gasteiger partial charge in [-0.2, -0.15) is 0 Å². The fraction of sp³-hybridized carbons (Fsp3) is 0.0968. The maximum absolute atomic E-state index is 13.2. The van der Waals surface area contributed by atoms with Crippen LogP contribution >= 0.6 is 0 Å². The smallest absolute Gasteiger partial charge is 0.339 e. The number of hydrogen-bond acceptors (Lipinski definition) is 10. The molecule has 0 aliphatic carbocycles. The normalized spacial score (nSPS) is 10.4. The third-order valence-corrected chi connectivity index (χ3v) is 6.41. The number of aromatic carboxylic acids is 1. The Kier molecular flexibility index (Phi) is 9.66. The zero-order valence-electron chi connectivity index (χ0n) is 24.1. The van der Waals surface area contributed by atoms with Crippen LogP contribution in [-0.4, -0.2) is 45.3 Å². The third-order valence-electron chi connectivity index (χ3n) is 6.41. The van der Waals surface area contributed by atoms with Crippen LogP contribution in [0.15, 0.2) is 78.9 Å². The van der Waals surface area contributed by atoms with Crippen LogP contribution in [0.25, 0.3) is 0 Å². The number of carboxylic acid groups (broad SMARTS) is 1. The van der Waals surface area contributed by atoms with Gasteiger partial charge in [0, 0.05) is 41.1 Å². The molecule has 3 N–H and O–H groups in total. The van der Waals surface area contributed by atoms with Crippen molar-refractivity contribution in [3.05, 3.63) is 127 Å². The summed E-state index contributed by atoms with van der Waals surface area (Å²) in [6.45, 7) is 3.18. The number of carboxylic acids is 1. The Hall–Kier alpha value is -6.64. The Morgan fingerprint density at radius 3 is 1.85 bits per heavy atom. The molecular weight excluding hydrogens is 604 g/mol. The minimum atomic E-state index is -1.43. The molecule has 0 radical (unpaired) electrons. The molecule has 0 saturated heterocycles. The zero-order valence-corrected chi connectivity index (χ0v) is 24.1. The van der Waals surface area contributed by atoms with E-state index in [4.69, 9.17) is 9.47 Å². The molecule has 4 aromatic rings. The summed E-state index contributed by atoms with van der Waals surface area (Å²) in [7, 11) is 0. The number of esters is 1. The van der Waals surface area contributed by atoms with Gasteiger partial charge < -0.3 is 25.2 Å². The molecule has 0 unspecified atom stereocenters. The first-order chi connectivity index (χ1) is 21.9. The first-order valence-corrected chi connectivity index (χ1v) is 13.4. The Labute approximate surface area is 259 Å². The molecule has 0 aliphatic rings. The van der Waals surface area contributed by atoms with Crippen LogP contribution in [0.1, 0.15) is 53.9 Å². The minimum absolute atomic E-state index is 0.0148. The third kappa shape index (κ3) is 7.46. The summed E-state index contributed by atoms with van der Waals surface area (Å²) in [5, 5.41) is 37.3. The predicted octanol–water partition coefficient (Wildman–Crippen LogP) is 5.98. The van der Waals surface area contributed by atoms with Gasteiger partial charge in [-0.1, -0.05) is 12.1 Å². The summed E-state index contributed by atoms with van der Waals surface area (Å²) in [6, 6.07) is 16.3. The zero-order chi connectivity index (χ0) is 33.5. The Morgan fingerprint density at radius 2 is 1.33 bits per heavy atom. The summed E-state index contributed by atoms with van der Waals surface area (Å²) in [6.07, 6.45) is 0. The van der Waals surface area contributed by atoms with E-state index in [9.17, 15) is 44.5 Å². The Balaban J connectivity index is 1.74. The molecule has 2 amide bonds. The minimum Gasteiger partial charge on any atom is -0.478 e. The maximum Gasteiger partial charge on any atom is 0.339 e. The molecule has 4 rings (SSSR count). The molecule has 0 heterocycles. The standard InChI is InChI=1S/C31H24N4O11/c1-3-45-31(40)23-11-10-22(15-24(23)30(38)39)46-27-12-17(2)25(32-28(36)18-6-4-8-20(13-18)34(41)42)16-26(27)33-29(37)19-7-5-9-21(14-19)35(43)44/h4-16H,3H2,1-2H3,(H,32,36)(H,33,37)(H,38,39). The molecule has 46 heavy (non-hydrogen) atoms. The summed E-state index contributed by atoms with van der Waals surface area (Å²) >= 11 is 0. The molecule has 0 saturated carbocycles. The predicted molar refractivity (Wildman–Crippen MR) is 163 cm³/mol. The molecule has 0 spiro atoms. The first kappa shape index (κ1) is 32.3. The van der Waals surface area contributed by atoms with Crippen molar-refractivity contribution in [2.45, 2.75) is 13.8 Å². The second kappa shape index (κ2) is 13.8. The lowest BCUT2D eigenvalue weighted by atomic mass is 10.1. The highest BCUT2D eigenvalue weighted by Crippen LogP contribution is 2.36. The Bertz CT molecular complexity index is 1910. The summed E-state index contributed by atoms with van der Waals surface area (Å²) in [5.41, 5.74) is -0.803. The number of hydrogen-bond donors (Lipinski definition) is 3. The number of carbonyl (C=O) groups excluding carboxylic acids is 3. The number of nitro groups is 2. The summed E-state index contributed by atoms with van der Waals surface area (Å²) in [4.78, 5) is 71.4. The van der Waals surface area contributed by atoms with Gasteiger partial charge in [0.1, 0.15) is 5.75 Å². The van der Waals surface area contributed by atoms with E-state index in [2.05, 4.69) is 10.6 Å². The molecule has 0 atom stereocenters. The van der Waals surface area contributed by atoms with Crippen LogP contribution in [0.5, 0.6) is 11.5 Å². The average Bonchev–Trinajstić information content (AvgIpc) is 3.03. The van der Waals surface area contributed by atoms with E-state index < -0.39 is 39.2 Å². The lowest BCUT2D eigenvalue weighted by Crippen LogP contribution is -2.16. The number of anilines is 2. The number of nitro benzene ring substituents is 2. The lowest BCUT2D eigenvalue weighted by molar-refractivity contribution is -0.385. The van der Waals surface area contributed by atoms with Gasteiger partial charge >= 0.3 is 11.9 Å². The van der Waals surface area contributed by atoms with Crippen LogP contribution in [0.3, 0.4) is 0 Å². The molecular formula is C31H24N4O11. The van der Waals surface area contributed by atoms with Crippen LogP contribution in [-0.2, 0) is 4.74 Å². The van der Waals surface area contributed by atoms with Gasteiger partial charge in [-0.15, -0.1) is 0 Å². The average molecular weight is 629 g/mol. The topological polar surface area (TPSA) is 217 Å². The van der Waals surface area contributed by atoms with Gasteiger partial charge in [0.05, 0.1) is 33.3 Å². The summed E-state index contributed by atoms with van der Waals surface area (Å²) < 4.78 is 10.9. The van der Waals surface area contributed by atoms with Crippen molar-refractivity contribution in [3.8, 4) is 11.5 Å². The van der Waals surface area contributed by atoms with Crippen LogP contribution in [0.2, 0.25) is 0 Å². The SMILES string of the molecule is CCOC(=O)c1ccc(Oc2cc(C)c(NC(=O)c3cccc([N+](=O)[O-])c3)cc2NC(=O)c2cccc([N+](=O)[O-])c2)cc1C(=O)O. The van der Waals surface area contributed by atoms with Crippen molar-refractivity contribution in [2.24, 2.45) is 0 Å². The first-order valence-electron chi connectivity index (χ1n) is 13.4. The van der Waals surface area contributed by atoms with Gasteiger partial charge in [0.15, 0.2) is 5.75 Å². The molecule has 0 aromatic heterocycles. The van der Waals surface area contributed by atoms with Crippen LogP contribution < -0.4 is 15.4 Å². The number of amides is 2. The summed E-state index contributed by atoms with van der Waals surface area (Å²) in [5.74, 6) is -3.82. The fourth-order valence-corrected chi connectivity index (χ4v) is 4.19. The number of non-ortho nitro benzene ring substituents is 2. The van der Waals surface area contributed by atoms with Gasteiger partial charge in [0.2, 0.25) is 0 Å². The van der Waals surface area contributed by atoms with Gasteiger partial charge in [-0.3, -0.25) is 29.8 Å². The van der Waals surface area contributed by atoms with Crippen LogP contribution in [0, 0.1) is 27.2 Å². The molecule has 4 aromatic carbocycles. The number of benzene rings is 4. The fourth-order valence-electron chi connectivity index (χ4n) is 4.19. The van der Waals surface area contributed by atoms with Gasteiger partial charge in [-0.25, -0.2) is 9.59 Å². The maximum atomic E-state index is 13.2. The highest BCUT2D eigenvalue weighted by atomic mass is 16.6. The van der Waals surface area contributed by atoms with E-state index in [1.54, 1.807) is 13.8 Å². The second-order valence-electron chi connectivity index (χ2n) is 9.52. The van der Waals surface area contributed by atoms with Crippen molar-refractivity contribution in [3.63, 3.8) is 0 Å². The quantitative estimate of drug-likeness (QED) is 0.0996. The number of carbonyl (C=O) groups is 4. The van der Waals surface area contributed by atoms with Gasteiger partial charge in [-0.05, 0) is 61.9 Å². The molecule has 0 bridgehead atoms. The number of nitrogens with one attached hydrogen (secondary N) is 2. The molecule has 0 aliphatic heterocycles. The van der Waals surface area contributed by atoms with E-state index in [1.807, 2.05) is 0 Å². The molecule has 234 valence electrons. The largest absolute Gasteiger partial charge is 0.478 e. The lowest BCUT2D eigenvalue weighted by Gasteiger charge is -2.17. The highest BCUT2D eigenvalue weighted by molar-refractivity contribution is 6.08. The van der Waals surface area contributed by atoms with Crippen molar-refractivity contribution in [1.82, 2.24) is 0 Å². The monoisotopic (exact) mass is 628 g/mol. The van der Waals surface area contributed by atoms with Crippen molar-refractivity contribution in [1.29, 1.82) is 0 Å². The highest BCUT2D eigenvalue weighted by Gasteiger charge is 2.21. The molecule has 15 heteroatoms. The van der Waals surface area contributed by atoms with E-state index in [-0.39, 0.29) is 57.5 Å². The number of ether oxygens (including phenoxy) is 2. The Morgan fingerprint density at radius 1 is 0.761 bits per heavy atom. The number of nitrogens with zero attached hydrogens (tertiary/aromatic N) is 2. The number of aryl methyl sites for hydroxylation is 1.